The van der Waals surface area contributed by atoms with E-state index in [2.05, 4.69) is 5.32 Å². The van der Waals surface area contributed by atoms with Crippen LogP contribution in [0, 0.1) is 5.82 Å². The number of fused-ring (bicyclic) bond motifs is 1. The molecule has 0 fully saturated rings. The van der Waals surface area contributed by atoms with Crippen LogP contribution in [0.1, 0.15) is 32.8 Å². The highest BCUT2D eigenvalue weighted by Crippen LogP contribution is 2.22. The van der Waals surface area contributed by atoms with Crippen molar-refractivity contribution >= 4 is 22.9 Å². The Morgan fingerprint density at radius 3 is 2.57 bits per heavy atom. The van der Waals surface area contributed by atoms with Gasteiger partial charge in [-0.2, -0.15) is 0 Å². The van der Waals surface area contributed by atoms with Crippen molar-refractivity contribution in [2.24, 2.45) is 0 Å². The van der Waals surface area contributed by atoms with Crippen molar-refractivity contribution in [3.05, 3.63) is 53.9 Å². The number of hydrogen-bond donors (Lipinski definition) is 1. The van der Waals surface area contributed by atoms with Crippen molar-refractivity contribution in [3.63, 3.8) is 0 Å². The molecule has 0 radical (unpaired) electrons. The SMILES string of the molecule is CC(C)(C)OC(=O)NCCC=Cc1ccc(F)c2ccccc12. The lowest BCUT2D eigenvalue weighted by Crippen LogP contribution is -2.32. The van der Waals surface area contributed by atoms with Gasteiger partial charge in [0.05, 0.1) is 0 Å². The number of carbonyl (C=O) groups is 1. The average molecular weight is 315 g/mol. The molecule has 0 heterocycles. The maximum Gasteiger partial charge on any atom is 0.407 e. The number of ether oxygens (including phenoxy) is 1. The lowest BCUT2D eigenvalue weighted by Gasteiger charge is -2.19. The van der Waals surface area contributed by atoms with Crippen LogP contribution in [0.5, 0.6) is 0 Å². The van der Waals surface area contributed by atoms with Gasteiger partial charge in [0, 0.05) is 11.9 Å². The molecular formula is C19H22FNO2. The predicted octanol–water partition coefficient (Wildman–Crippen LogP) is 4.91. The van der Waals surface area contributed by atoms with E-state index in [-0.39, 0.29) is 5.82 Å². The molecule has 122 valence electrons. The molecule has 0 saturated heterocycles. The van der Waals surface area contributed by atoms with Crippen LogP contribution in [0.4, 0.5) is 9.18 Å². The molecule has 4 heteroatoms. The Morgan fingerprint density at radius 2 is 1.87 bits per heavy atom. The zero-order chi connectivity index (χ0) is 16.9. The van der Waals surface area contributed by atoms with Gasteiger partial charge in [-0.1, -0.05) is 42.5 Å². The van der Waals surface area contributed by atoms with Crippen LogP contribution >= 0.6 is 0 Å². The summed E-state index contributed by atoms with van der Waals surface area (Å²) in [4.78, 5) is 11.5. The van der Waals surface area contributed by atoms with Gasteiger partial charge in [-0.25, -0.2) is 9.18 Å². The van der Waals surface area contributed by atoms with E-state index in [1.165, 1.54) is 6.07 Å². The molecule has 0 aliphatic carbocycles. The van der Waals surface area contributed by atoms with Crippen LogP contribution in [-0.4, -0.2) is 18.2 Å². The smallest absolute Gasteiger partial charge is 0.407 e. The highest BCUT2D eigenvalue weighted by atomic mass is 19.1. The van der Waals surface area contributed by atoms with Crippen molar-refractivity contribution in [2.75, 3.05) is 6.54 Å². The van der Waals surface area contributed by atoms with Crippen molar-refractivity contribution in [3.8, 4) is 0 Å². The average Bonchev–Trinajstić information content (AvgIpc) is 2.47. The molecule has 3 nitrogen and oxygen atoms in total. The molecule has 0 saturated carbocycles. The summed E-state index contributed by atoms with van der Waals surface area (Å²) in [6.45, 7) is 5.97. The Labute approximate surface area is 136 Å². The second kappa shape index (κ2) is 7.27. The molecule has 0 aliphatic rings. The van der Waals surface area contributed by atoms with Crippen LogP contribution < -0.4 is 5.32 Å². The molecule has 2 rings (SSSR count). The highest BCUT2D eigenvalue weighted by molar-refractivity contribution is 5.91. The van der Waals surface area contributed by atoms with E-state index in [0.717, 1.165) is 10.9 Å². The summed E-state index contributed by atoms with van der Waals surface area (Å²) in [5, 5.41) is 4.19. The standard InChI is InChI=1S/C19H22FNO2/c1-19(2,3)23-18(22)21-13-7-6-8-14-11-12-17(20)16-10-5-4-9-15(14)16/h4-6,8-12H,7,13H2,1-3H3,(H,21,22). The summed E-state index contributed by atoms with van der Waals surface area (Å²) in [6.07, 6.45) is 4.15. The minimum atomic E-state index is -0.493. The first-order valence-electron chi connectivity index (χ1n) is 7.67. The molecule has 0 spiro atoms. The summed E-state index contributed by atoms with van der Waals surface area (Å²) in [5.74, 6) is -0.218. The largest absolute Gasteiger partial charge is 0.444 e. The Morgan fingerprint density at radius 1 is 1.17 bits per heavy atom. The third kappa shape index (κ3) is 5.09. The lowest BCUT2D eigenvalue weighted by molar-refractivity contribution is 0.0529. The van der Waals surface area contributed by atoms with Crippen molar-refractivity contribution in [1.29, 1.82) is 0 Å². The fourth-order valence-corrected chi connectivity index (χ4v) is 2.21. The normalized spacial score (nSPS) is 11.8. The van der Waals surface area contributed by atoms with Crippen LogP contribution in [-0.2, 0) is 4.74 Å². The molecule has 2 aromatic carbocycles. The molecule has 0 aromatic heterocycles. The Hall–Kier alpha value is -2.36. The van der Waals surface area contributed by atoms with E-state index < -0.39 is 11.7 Å². The van der Waals surface area contributed by atoms with Gasteiger partial charge in [0.2, 0.25) is 0 Å². The Kier molecular flexibility index (Phi) is 5.37. The molecule has 0 unspecified atom stereocenters. The maximum absolute atomic E-state index is 13.7. The Balaban J connectivity index is 1.92. The van der Waals surface area contributed by atoms with Gasteiger partial charge >= 0.3 is 6.09 Å². The lowest BCUT2D eigenvalue weighted by atomic mass is 10.0. The first-order valence-corrected chi connectivity index (χ1v) is 7.67. The van der Waals surface area contributed by atoms with E-state index >= 15 is 0 Å². The van der Waals surface area contributed by atoms with Gasteiger partial charge < -0.3 is 10.1 Å². The number of hydrogen-bond acceptors (Lipinski definition) is 2. The third-order valence-corrected chi connectivity index (χ3v) is 3.18. The van der Waals surface area contributed by atoms with Crippen LogP contribution in [0.3, 0.4) is 0 Å². The topological polar surface area (TPSA) is 38.3 Å². The van der Waals surface area contributed by atoms with Gasteiger partial charge in [-0.15, -0.1) is 0 Å². The van der Waals surface area contributed by atoms with Gasteiger partial charge in [0.15, 0.2) is 0 Å². The van der Waals surface area contributed by atoms with Crippen molar-refractivity contribution in [2.45, 2.75) is 32.8 Å². The Bertz CT molecular complexity index is 717. The van der Waals surface area contributed by atoms with Crippen molar-refractivity contribution < 1.29 is 13.9 Å². The summed E-state index contributed by atoms with van der Waals surface area (Å²) in [7, 11) is 0. The van der Waals surface area contributed by atoms with E-state index in [1.807, 2.05) is 51.1 Å². The summed E-state index contributed by atoms with van der Waals surface area (Å²) >= 11 is 0. The number of benzene rings is 2. The number of nitrogens with one attached hydrogen (secondary N) is 1. The van der Waals surface area contributed by atoms with Gasteiger partial charge in [0.25, 0.3) is 0 Å². The number of alkyl carbamates (subject to hydrolysis) is 1. The van der Waals surface area contributed by atoms with Crippen LogP contribution in [0.15, 0.2) is 42.5 Å². The van der Waals surface area contributed by atoms with Gasteiger partial charge in [-0.3, -0.25) is 0 Å². The predicted molar refractivity (Wildman–Crippen MR) is 91.8 cm³/mol. The number of halogens is 1. The second-order valence-corrected chi connectivity index (χ2v) is 6.30. The monoisotopic (exact) mass is 315 g/mol. The summed E-state index contributed by atoms with van der Waals surface area (Å²) < 4.78 is 18.9. The third-order valence-electron chi connectivity index (χ3n) is 3.18. The van der Waals surface area contributed by atoms with Gasteiger partial charge in [-0.05, 0) is 44.2 Å². The van der Waals surface area contributed by atoms with E-state index in [0.29, 0.717) is 18.4 Å². The minimum absolute atomic E-state index is 0.218. The van der Waals surface area contributed by atoms with Gasteiger partial charge in [0.1, 0.15) is 11.4 Å². The molecule has 0 atom stereocenters. The molecular weight excluding hydrogens is 293 g/mol. The molecule has 0 bridgehead atoms. The number of amides is 1. The first-order chi connectivity index (χ1) is 10.9. The van der Waals surface area contributed by atoms with E-state index in [1.54, 1.807) is 12.1 Å². The van der Waals surface area contributed by atoms with Crippen LogP contribution in [0.2, 0.25) is 0 Å². The molecule has 23 heavy (non-hydrogen) atoms. The molecule has 0 aliphatic heterocycles. The quantitative estimate of drug-likeness (QED) is 0.814. The number of rotatable bonds is 4. The minimum Gasteiger partial charge on any atom is -0.444 e. The summed E-state index contributed by atoms with van der Waals surface area (Å²) in [6, 6.07) is 10.6. The number of carbonyl (C=O) groups excluding carboxylic acids is 1. The van der Waals surface area contributed by atoms with Crippen LogP contribution in [0.25, 0.3) is 16.8 Å². The first kappa shape index (κ1) is 17.0. The highest BCUT2D eigenvalue weighted by Gasteiger charge is 2.15. The van der Waals surface area contributed by atoms with Crippen molar-refractivity contribution in [1.82, 2.24) is 5.32 Å². The second-order valence-electron chi connectivity index (χ2n) is 6.30. The summed E-state index contributed by atoms with van der Waals surface area (Å²) in [5.41, 5.74) is 0.465. The molecule has 1 amide bonds. The maximum atomic E-state index is 13.7. The zero-order valence-electron chi connectivity index (χ0n) is 13.7. The molecule has 2 aromatic rings. The molecule has 1 N–H and O–H groups in total. The van der Waals surface area contributed by atoms with E-state index in [4.69, 9.17) is 4.74 Å². The van der Waals surface area contributed by atoms with E-state index in [9.17, 15) is 9.18 Å². The fourth-order valence-electron chi connectivity index (χ4n) is 2.21. The zero-order valence-corrected chi connectivity index (χ0v) is 13.7. The fraction of sp³-hybridized carbons (Fsp3) is 0.316.